The smallest absolute Gasteiger partial charge is 0.0587 e. The van der Waals surface area contributed by atoms with E-state index in [1.165, 1.54) is 31.5 Å². The van der Waals surface area contributed by atoms with Gasteiger partial charge in [0.05, 0.1) is 12.3 Å². The molecule has 1 atom stereocenters. The molecule has 1 saturated heterocycles. The van der Waals surface area contributed by atoms with Crippen molar-refractivity contribution in [2.45, 2.75) is 38.8 Å². The third-order valence-corrected chi connectivity index (χ3v) is 3.92. The molecular weight excluding hydrogens is 250 g/mol. The molecule has 0 aliphatic carbocycles. The maximum Gasteiger partial charge on any atom is 0.0587 e. The van der Waals surface area contributed by atoms with E-state index in [1.54, 1.807) is 7.11 Å². The Morgan fingerprint density at radius 2 is 2.30 bits per heavy atom. The molecule has 0 saturated carbocycles. The molecule has 0 bridgehead atoms. The molecule has 1 fully saturated rings. The summed E-state index contributed by atoms with van der Waals surface area (Å²) >= 11 is 0. The maximum atomic E-state index is 5.08. The molecule has 1 aromatic rings. The van der Waals surface area contributed by atoms with Gasteiger partial charge in [-0.2, -0.15) is 0 Å². The van der Waals surface area contributed by atoms with E-state index in [0.717, 1.165) is 31.9 Å². The summed E-state index contributed by atoms with van der Waals surface area (Å²) in [7, 11) is 1.75. The van der Waals surface area contributed by atoms with Crippen LogP contribution in [0.3, 0.4) is 0 Å². The minimum Gasteiger partial charge on any atom is -0.383 e. The van der Waals surface area contributed by atoms with Crippen LogP contribution in [0.15, 0.2) is 18.2 Å². The minimum atomic E-state index is 0.628. The van der Waals surface area contributed by atoms with Crippen LogP contribution in [0.5, 0.6) is 0 Å². The van der Waals surface area contributed by atoms with Crippen molar-refractivity contribution in [2.24, 2.45) is 0 Å². The van der Waals surface area contributed by atoms with Gasteiger partial charge in [0, 0.05) is 38.5 Å². The predicted octanol–water partition coefficient (Wildman–Crippen LogP) is 1.98. The number of methoxy groups -OCH3 is 1. The molecule has 1 aliphatic rings. The second kappa shape index (κ2) is 8.35. The van der Waals surface area contributed by atoms with Crippen molar-refractivity contribution in [1.82, 2.24) is 15.2 Å². The van der Waals surface area contributed by atoms with Gasteiger partial charge in [0.1, 0.15) is 0 Å². The molecule has 20 heavy (non-hydrogen) atoms. The summed E-state index contributed by atoms with van der Waals surface area (Å²) in [5.41, 5.74) is 2.29. The summed E-state index contributed by atoms with van der Waals surface area (Å²) in [5.74, 6) is 0. The number of nitrogens with one attached hydrogen (secondary N) is 1. The van der Waals surface area contributed by atoms with Gasteiger partial charge >= 0.3 is 0 Å². The Morgan fingerprint density at radius 1 is 1.40 bits per heavy atom. The molecule has 1 aromatic heterocycles. The van der Waals surface area contributed by atoms with Gasteiger partial charge in [-0.15, -0.1) is 0 Å². The fourth-order valence-corrected chi connectivity index (χ4v) is 2.84. The van der Waals surface area contributed by atoms with Gasteiger partial charge in [-0.05, 0) is 38.4 Å². The predicted molar refractivity (Wildman–Crippen MR) is 81.8 cm³/mol. The van der Waals surface area contributed by atoms with E-state index in [1.807, 2.05) is 0 Å². The standard InChI is InChI=1S/C16H27N3O/c1-14-6-5-7-15(18-14)13-19-10-4-3-8-16(19)12-17-9-11-20-2/h5-7,16-17H,3-4,8-13H2,1-2H3. The molecule has 0 amide bonds. The largest absolute Gasteiger partial charge is 0.383 e. The number of aryl methyl sites for hydroxylation is 1. The van der Waals surface area contributed by atoms with Gasteiger partial charge in [-0.1, -0.05) is 12.5 Å². The number of nitrogens with zero attached hydrogens (tertiary/aromatic N) is 2. The first-order chi connectivity index (χ1) is 9.79. The summed E-state index contributed by atoms with van der Waals surface area (Å²) in [4.78, 5) is 7.20. The van der Waals surface area contributed by atoms with Crippen molar-refractivity contribution in [3.05, 3.63) is 29.6 Å². The van der Waals surface area contributed by atoms with E-state index in [-0.39, 0.29) is 0 Å². The fraction of sp³-hybridized carbons (Fsp3) is 0.688. The topological polar surface area (TPSA) is 37.4 Å². The van der Waals surface area contributed by atoms with Crippen molar-refractivity contribution in [2.75, 3.05) is 33.4 Å². The summed E-state index contributed by atoms with van der Waals surface area (Å²) in [6.45, 7) is 6.99. The van der Waals surface area contributed by atoms with Crippen LogP contribution in [0.1, 0.15) is 30.7 Å². The number of hydrogen-bond donors (Lipinski definition) is 1. The van der Waals surface area contributed by atoms with E-state index >= 15 is 0 Å². The zero-order valence-corrected chi connectivity index (χ0v) is 12.8. The van der Waals surface area contributed by atoms with E-state index in [2.05, 4.69) is 40.3 Å². The molecule has 112 valence electrons. The molecule has 0 spiro atoms. The third kappa shape index (κ3) is 4.85. The zero-order valence-electron chi connectivity index (χ0n) is 12.8. The van der Waals surface area contributed by atoms with E-state index in [9.17, 15) is 0 Å². The monoisotopic (exact) mass is 277 g/mol. The summed E-state index contributed by atoms with van der Waals surface area (Å²) in [6.07, 6.45) is 3.93. The molecule has 2 rings (SSSR count). The van der Waals surface area contributed by atoms with Crippen molar-refractivity contribution >= 4 is 0 Å². The summed E-state index contributed by atoms with van der Waals surface area (Å²) in [5, 5.41) is 3.50. The highest BCUT2D eigenvalue weighted by Crippen LogP contribution is 2.18. The van der Waals surface area contributed by atoms with Crippen molar-refractivity contribution in [1.29, 1.82) is 0 Å². The van der Waals surface area contributed by atoms with Crippen LogP contribution in [-0.4, -0.2) is 49.3 Å². The van der Waals surface area contributed by atoms with Crippen molar-refractivity contribution in [3.8, 4) is 0 Å². The lowest BCUT2D eigenvalue weighted by atomic mass is 10.0. The lowest BCUT2D eigenvalue weighted by Gasteiger charge is -2.35. The SMILES string of the molecule is COCCNCC1CCCCN1Cc1cccc(C)n1. The molecule has 4 heteroatoms. The Hall–Kier alpha value is -0.970. The molecular formula is C16H27N3O. The quantitative estimate of drug-likeness (QED) is 0.773. The van der Waals surface area contributed by atoms with E-state index in [4.69, 9.17) is 4.74 Å². The number of pyridine rings is 1. The maximum absolute atomic E-state index is 5.08. The summed E-state index contributed by atoms with van der Waals surface area (Å²) < 4.78 is 5.08. The third-order valence-electron chi connectivity index (χ3n) is 3.92. The number of piperidine rings is 1. The lowest BCUT2D eigenvalue weighted by Crippen LogP contribution is -2.45. The van der Waals surface area contributed by atoms with Crippen LogP contribution in [0, 0.1) is 6.92 Å². The molecule has 1 unspecified atom stereocenters. The number of rotatable bonds is 7. The first-order valence-electron chi connectivity index (χ1n) is 7.66. The van der Waals surface area contributed by atoms with Crippen LogP contribution >= 0.6 is 0 Å². The van der Waals surface area contributed by atoms with Crippen LogP contribution in [0.2, 0.25) is 0 Å². The number of hydrogen-bond acceptors (Lipinski definition) is 4. The number of aromatic nitrogens is 1. The Morgan fingerprint density at radius 3 is 3.10 bits per heavy atom. The van der Waals surface area contributed by atoms with Crippen LogP contribution in [0.25, 0.3) is 0 Å². The zero-order chi connectivity index (χ0) is 14.2. The number of ether oxygens (including phenoxy) is 1. The van der Waals surface area contributed by atoms with E-state index in [0.29, 0.717) is 6.04 Å². The molecule has 1 aliphatic heterocycles. The minimum absolute atomic E-state index is 0.628. The Bertz CT molecular complexity index is 397. The van der Waals surface area contributed by atoms with Crippen LogP contribution in [0.4, 0.5) is 0 Å². The Kier molecular flexibility index (Phi) is 6.43. The lowest BCUT2D eigenvalue weighted by molar-refractivity contribution is 0.131. The Labute approximate surface area is 122 Å². The van der Waals surface area contributed by atoms with Gasteiger partial charge < -0.3 is 10.1 Å². The molecule has 0 aromatic carbocycles. The van der Waals surface area contributed by atoms with Gasteiger partial charge in [0.15, 0.2) is 0 Å². The summed E-state index contributed by atoms with van der Waals surface area (Å²) in [6, 6.07) is 6.93. The highest BCUT2D eigenvalue weighted by molar-refractivity contribution is 5.10. The van der Waals surface area contributed by atoms with E-state index < -0.39 is 0 Å². The fourth-order valence-electron chi connectivity index (χ4n) is 2.84. The molecule has 0 radical (unpaired) electrons. The molecule has 4 nitrogen and oxygen atoms in total. The van der Waals surface area contributed by atoms with Crippen LogP contribution < -0.4 is 5.32 Å². The molecule has 1 N–H and O–H groups in total. The van der Waals surface area contributed by atoms with Gasteiger partial charge in [-0.25, -0.2) is 0 Å². The van der Waals surface area contributed by atoms with Crippen LogP contribution in [-0.2, 0) is 11.3 Å². The molecule has 2 heterocycles. The highest BCUT2D eigenvalue weighted by atomic mass is 16.5. The highest BCUT2D eigenvalue weighted by Gasteiger charge is 2.22. The Balaban J connectivity index is 1.86. The first kappa shape index (κ1) is 15.4. The average molecular weight is 277 g/mol. The van der Waals surface area contributed by atoms with Gasteiger partial charge in [0.2, 0.25) is 0 Å². The van der Waals surface area contributed by atoms with Crippen molar-refractivity contribution < 1.29 is 4.74 Å². The van der Waals surface area contributed by atoms with Crippen molar-refractivity contribution in [3.63, 3.8) is 0 Å². The second-order valence-electron chi connectivity index (χ2n) is 5.59. The van der Waals surface area contributed by atoms with Gasteiger partial charge in [0.25, 0.3) is 0 Å². The number of likely N-dealkylation sites (tertiary alicyclic amines) is 1. The van der Waals surface area contributed by atoms with Gasteiger partial charge in [-0.3, -0.25) is 9.88 Å². The normalized spacial score (nSPS) is 20.2. The average Bonchev–Trinajstić information content (AvgIpc) is 2.45. The second-order valence-corrected chi connectivity index (χ2v) is 5.59. The first-order valence-corrected chi connectivity index (χ1v) is 7.66.